The first-order valence-corrected chi connectivity index (χ1v) is 15.3. The molecule has 1 aliphatic carbocycles. The molecule has 4 rings (SSSR count). The zero-order chi connectivity index (χ0) is 30.4. The third-order valence-corrected chi connectivity index (χ3v) is 8.55. The number of aldehydes is 1. The SMILES string of the molecule is CCC[C@H](CC)N(c1ncc2nc(Nc3c(F)cc(Cl)cc3F)n(C3CCC(C(N)=O)CC3)c2n1)[C@@H](CC)CCC=O. The van der Waals surface area contributed by atoms with Gasteiger partial charge in [0.1, 0.15) is 17.5 Å². The number of amides is 1. The predicted octanol–water partition coefficient (Wildman–Crippen LogP) is 6.86. The van der Waals surface area contributed by atoms with Crippen LogP contribution in [0.4, 0.5) is 26.4 Å². The molecule has 2 atom stereocenters. The Morgan fingerprint density at radius 2 is 1.76 bits per heavy atom. The molecule has 1 fully saturated rings. The fourth-order valence-corrected chi connectivity index (χ4v) is 6.32. The van der Waals surface area contributed by atoms with E-state index in [1.54, 1.807) is 6.20 Å². The number of imidazole rings is 1. The van der Waals surface area contributed by atoms with Gasteiger partial charge in [-0.2, -0.15) is 4.98 Å². The second kappa shape index (κ2) is 14.2. The first-order chi connectivity index (χ1) is 20.2. The predicted molar refractivity (Wildman–Crippen MR) is 161 cm³/mol. The van der Waals surface area contributed by atoms with Crippen LogP contribution in [0, 0.1) is 17.6 Å². The van der Waals surface area contributed by atoms with Crippen molar-refractivity contribution in [3.8, 4) is 0 Å². The summed E-state index contributed by atoms with van der Waals surface area (Å²) in [5, 5.41) is 2.80. The van der Waals surface area contributed by atoms with Crippen molar-refractivity contribution in [2.24, 2.45) is 11.7 Å². The number of carbonyl (C=O) groups is 2. The molecule has 1 saturated carbocycles. The summed E-state index contributed by atoms with van der Waals surface area (Å²) in [6.45, 7) is 6.37. The zero-order valence-corrected chi connectivity index (χ0v) is 25.2. The summed E-state index contributed by atoms with van der Waals surface area (Å²) in [5.41, 5.74) is 6.21. The highest BCUT2D eigenvalue weighted by Crippen LogP contribution is 2.38. The highest BCUT2D eigenvalue weighted by atomic mass is 35.5. The number of anilines is 3. The standard InChI is InChI=1S/C30H40ClF2N7O2/c1-4-8-20(5-2)39(21(6-3)9-7-14-41)29-35-17-25-28(38-29)40(22-12-10-18(11-13-22)27(34)42)30(36-25)37-26-23(32)15-19(31)16-24(26)33/h14-18,20-22H,4-13H2,1-3H3,(H2,34,42)(H,36,37)/t18?,20-,21-,22?/m0/s1. The minimum atomic E-state index is -0.847. The van der Waals surface area contributed by atoms with E-state index in [1.165, 1.54) is 0 Å². The molecule has 0 saturated heterocycles. The Morgan fingerprint density at radius 3 is 2.33 bits per heavy atom. The van der Waals surface area contributed by atoms with Gasteiger partial charge in [0.25, 0.3) is 0 Å². The molecule has 228 valence electrons. The summed E-state index contributed by atoms with van der Waals surface area (Å²) < 4.78 is 31.5. The Kier molecular flexibility index (Phi) is 10.7. The van der Waals surface area contributed by atoms with Gasteiger partial charge in [0, 0.05) is 35.5 Å². The lowest BCUT2D eigenvalue weighted by Gasteiger charge is -2.38. The highest BCUT2D eigenvalue weighted by molar-refractivity contribution is 6.30. The molecule has 42 heavy (non-hydrogen) atoms. The van der Waals surface area contributed by atoms with Crippen LogP contribution in [0.25, 0.3) is 11.2 Å². The van der Waals surface area contributed by atoms with Gasteiger partial charge < -0.3 is 20.7 Å². The average molecular weight is 604 g/mol. The normalized spacial score (nSPS) is 18.5. The lowest BCUT2D eigenvalue weighted by molar-refractivity contribution is -0.122. The average Bonchev–Trinajstić information content (AvgIpc) is 3.33. The quantitative estimate of drug-likeness (QED) is 0.193. The fraction of sp³-hybridized carbons (Fsp3) is 0.567. The van der Waals surface area contributed by atoms with Gasteiger partial charge in [-0.1, -0.05) is 38.8 Å². The summed E-state index contributed by atoms with van der Waals surface area (Å²) >= 11 is 5.85. The number of halogens is 3. The molecule has 0 unspecified atom stereocenters. The summed E-state index contributed by atoms with van der Waals surface area (Å²) in [5.74, 6) is -1.49. The minimum absolute atomic E-state index is 0.0537. The van der Waals surface area contributed by atoms with Gasteiger partial charge in [0.15, 0.2) is 17.3 Å². The molecule has 1 aliphatic rings. The molecular weight excluding hydrogens is 564 g/mol. The number of hydrogen-bond acceptors (Lipinski definition) is 7. The van der Waals surface area contributed by atoms with Crippen LogP contribution in [0.15, 0.2) is 18.3 Å². The molecule has 9 nitrogen and oxygen atoms in total. The van der Waals surface area contributed by atoms with E-state index in [1.807, 2.05) is 4.57 Å². The van der Waals surface area contributed by atoms with E-state index >= 15 is 0 Å². The molecule has 3 N–H and O–H groups in total. The van der Waals surface area contributed by atoms with E-state index in [2.05, 4.69) is 36.0 Å². The molecule has 2 aromatic heterocycles. The maximum Gasteiger partial charge on any atom is 0.227 e. The maximum atomic E-state index is 14.8. The number of nitrogens with one attached hydrogen (secondary N) is 1. The third-order valence-electron chi connectivity index (χ3n) is 8.33. The molecule has 3 aromatic rings. The van der Waals surface area contributed by atoms with Crippen molar-refractivity contribution in [3.63, 3.8) is 0 Å². The summed E-state index contributed by atoms with van der Waals surface area (Å²) in [6.07, 6.45) is 9.72. The molecule has 0 radical (unpaired) electrons. The number of rotatable bonds is 14. The van der Waals surface area contributed by atoms with E-state index in [-0.39, 0.29) is 46.6 Å². The van der Waals surface area contributed by atoms with Crippen molar-refractivity contribution in [2.75, 3.05) is 10.2 Å². The van der Waals surface area contributed by atoms with Gasteiger partial charge in [-0.05, 0) is 63.5 Å². The van der Waals surface area contributed by atoms with Crippen molar-refractivity contribution in [3.05, 3.63) is 35.0 Å². The van der Waals surface area contributed by atoms with E-state index < -0.39 is 11.6 Å². The van der Waals surface area contributed by atoms with E-state index in [4.69, 9.17) is 27.3 Å². The first kappa shape index (κ1) is 31.6. The van der Waals surface area contributed by atoms with Crippen LogP contribution in [-0.4, -0.2) is 43.8 Å². The first-order valence-electron chi connectivity index (χ1n) is 14.9. The summed E-state index contributed by atoms with van der Waals surface area (Å²) in [4.78, 5) is 39.8. The van der Waals surface area contributed by atoms with Crippen molar-refractivity contribution >= 4 is 52.5 Å². The minimum Gasteiger partial charge on any atom is -0.369 e. The molecule has 2 heterocycles. The van der Waals surface area contributed by atoms with Gasteiger partial charge in [0.2, 0.25) is 17.8 Å². The number of benzene rings is 1. The van der Waals surface area contributed by atoms with Crippen LogP contribution in [0.3, 0.4) is 0 Å². The Morgan fingerprint density at radius 1 is 1.12 bits per heavy atom. The largest absolute Gasteiger partial charge is 0.369 e. The van der Waals surface area contributed by atoms with Gasteiger partial charge in [-0.25, -0.2) is 18.7 Å². The van der Waals surface area contributed by atoms with E-state index in [0.29, 0.717) is 55.6 Å². The van der Waals surface area contributed by atoms with Crippen LogP contribution in [0.1, 0.15) is 91.0 Å². The number of carbonyl (C=O) groups excluding carboxylic acids is 2. The smallest absolute Gasteiger partial charge is 0.227 e. The molecule has 0 spiro atoms. The van der Waals surface area contributed by atoms with Crippen molar-refractivity contribution in [2.45, 2.75) is 103 Å². The molecule has 1 amide bonds. The Labute approximate surface area is 250 Å². The summed E-state index contributed by atoms with van der Waals surface area (Å²) in [6, 6.07) is 2.16. The van der Waals surface area contributed by atoms with Crippen molar-refractivity contribution in [1.82, 2.24) is 19.5 Å². The number of aromatic nitrogens is 4. The van der Waals surface area contributed by atoms with Crippen LogP contribution < -0.4 is 16.0 Å². The maximum absolute atomic E-state index is 14.8. The molecule has 0 bridgehead atoms. The lowest BCUT2D eigenvalue weighted by atomic mass is 9.85. The van der Waals surface area contributed by atoms with Crippen LogP contribution in [0.2, 0.25) is 5.02 Å². The van der Waals surface area contributed by atoms with Crippen LogP contribution >= 0.6 is 11.6 Å². The number of fused-ring (bicyclic) bond motifs is 1. The van der Waals surface area contributed by atoms with Crippen LogP contribution in [0.5, 0.6) is 0 Å². The highest BCUT2D eigenvalue weighted by Gasteiger charge is 2.31. The van der Waals surface area contributed by atoms with Crippen molar-refractivity contribution in [1.29, 1.82) is 0 Å². The lowest BCUT2D eigenvalue weighted by Crippen LogP contribution is -2.44. The number of hydrogen-bond donors (Lipinski definition) is 2. The Hall–Kier alpha value is -3.34. The third kappa shape index (κ3) is 6.82. The van der Waals surface area contributed by atoms with Gasteiger partial charge in [-0.3, -0.25) is 9.36 Å². The zero-order valence-electron chi connectivity index (χ0n) is 24.5. The van der Waals surface area contributed by atoms with E-state index in [0.717, 1.165) is 44.1 Å². The second-order valence-electron chi connectivity index (χ2n) is 11.0. The van der Waals surface area contributed by atoms with Crippen molar-refractivity contribution < 1.29 is 18.4 Å². The van der Waals surface area contributed by atoms with Gasteiger partial charge >= 0.3 is 0 Å². The number of nitrogens with zero attached hydrogens (tertiary/aromatic N) is 5. The van der Waals surface area contributed by atoms with Crippen LogP contribution in [-0.2, 0) is 9.59 Å². The summed E-state index contributed by atoms with van der Waals surface area (Å²) in [7, 11) is 0. The Balaban J connectivity index is 1.85. The van der Waals surface area contributed by atoms with Gasteiger partial charge in [-0.15, -0.1) is 0 Å². The monoisotopic (exact) mass is 603 g/mol. The second-order valence-corrected chi connectivity index (χ2v) is 11.5. The number of nitrogens with two attached hydrogens (primary N) is 1. The fourth-order valence-electron chi connectivity index (χ4n) is 6.13. The molecule has 0 aliphatic heterocycles. The number of primary amides is 1. The molecule has 1 aromatic carbocycles. The molecular formula is C30H40ClF2N7O2. The van der Waals surface area contributed by atoms with E-state index in [9.17, 15) is 18.4 Å². The topological polar surface area (TPSA) is 119 Å². The Bertz CT molecular complexity index is 1370. The molecule has 12 heteroatoms. The van der Waals surface area contributed by atoms with Gasteiger partial charge in [0.05, 0.1) is 6.20 Å².